The standard InChI is InChI=1S/C17H23BrN4O/c1-12-15-16(18)20-17(22(15)9-6-19-12)13-2-7-21(8-3-13)14-4-10-23-11-5-14/h6,9,13-14H,2-5,7-8,10-11H2,1H3. The van der Waals surface area contributed by atoms with E-state index < -0.39 is 0 Å². The van der Waals surface area contributed by atoms with Gasteiger partial charge in [-0.3, -0.25) is 9.38 Å². The Morgan fingerprint density at radius 2 is 1.91 bits per heavy atom. The molecule has 4 heterocycles. The summed E-state index contributed by atoms with van der Waals surface area (Å²) < 4.78 is 8.64. The van der Waals surface area contributed by atoms with E-state index in [0.717, 1.165) is 35.1 Å². The molecule has 0 aromatic carbocycles. The number of hydrogen-bond acceptors (Lipinski definition) is 4. The van der Waals surface area contributed by atoms with Crippen molar-refractivity contribution in [1.82, 2.24) is 19.3 Å². The Bertz CT molecular complexity index is 687. The summed E-state index contributed by atoms with van der Waals surface area (Å²) in [6, 6.07) is 0.722. The van der Waals surface area contributed by atoms with Crippen molar-refractivity contribution in [3.63, 3.8) is 0 Å². The molecular weight excluding hydrogens is 356 g/mol. The molecule has 2 aliphatic rings. The highest BCUT2D eigenvalue weighted by Crippen LogP contribution is 2.32. The van der Waals surface area contributed by atoms with E-state index in [1.165, 1.54) is 44.6 Å². The molecule has 2 aromatic rings. The molecular formula is C17H23BrN4O. The van der Waals surface area contributed by atoms with E-state index in [-0.39, 0.29) is 0 Å². The summed E-state index contributed by atoms with van der Waals surface area (Å²) in [6.07, 6.45) is 8.66. The maximum Gasteiger partial charge on any atom is 0.134 e. The highest BCUT2D eigenvalue weighted by molar-refractivity contribution is 9.10. The minimum absolute atomic E-state index is 0.534. The van der Waals surface area contributed by atoms with Crippen molar-refractivity contribution >= 4 is 21.4 Å². The normalized spacial score (nSPS) is 22.0. The Balaban J connectivity index is 1.51. The minimum Gasteiger partial charge on any atom is -0.381 e. The van der Waals surface area contributed by atoms with E-state index in [9.17, 15) is 0 Å². The molecule has 2 aromatic heterocycles. The number of piperidine rings is 1. The lowest BCUT2D eigenvalue weighted by molar-refractivity contribution is 0.0248. The van der Waals surface area contributed by atoms with Gasteiger partial charge in [-0.2, -0.15) is 0 Å². The second kappa shape index (κ2) is 6.49. The van der Waals surface area contributed by atoms with E-state index in [1.807, 2.05) is 19.3 Å². The zero-order valence-electron chi connectivity index (χ0n) is 13.5. The molecule has 0 N–H and O–H groups in total. The van der Waals surface area contributed by atoms with E-state index in [4.69, 9.17) is 9.72 Å². The fraction of sp³-hybridized carbons (Fsp3) is 0.647. The van der Waals surface area contributed by atoms with Gasteiger partial charge in [0.1, 0.15) is 15.9 Å². The summed E-state index contributed by atoms with van der Waals surface area (Å²) in [4.78, 5) is 11.9. The first-order valence-electron chi connectivity index (χ1n) is 8.55. The van der Waals surface area contributed by atoms with Gasteiger partial charge in [0, 0.05) is 37.6 Å². The zero-order chi connectivity index (χ0) is 15.8. The highest BCUT2D eigenvalue weighted by Gasteiger charge is 2.29. The van der Waals surface area contributed by atoms with Gasteiger partial charge in [-0.25, -0.2) is 4.98 Å². The number of nitrogens with zero attached hydrogens (tertiary/aromatic N) is 4. The molecule has 6 heteroatoms. The van der Waals surface area contributed by atoms with Crippen LogP contribution in [-0.2, 0) is 4.74 Å². The van der Waals surface area contributed by atoms with Crippen LogP contribution < -0.4 is 0 Å². The minimum atomic E-state index is 0.534. The number of likely N-dealkylation sites (tertiary alicyclic amines) is 1. The third kappa shape index (κ3) is 2.92. The predicted molar refractivity (Wildman–Crippen MR) is 92.8 cm³/mol. The topological polar surface area (TPSA) is 42.7 Å². The Labute approximate surface area is 145 Å². The molecule has 23 heavy (non-hydrogen) atoms. The Morgan fingerprint density at radius 1 is 1.17 bits per heavy atom. The van der Waals surface area contributed by atoms with Crippen molar-refractivity contribution in [1.29, 1.82) is 0 Å². The van der Waals surface area contributed by atoms with E-state index in [1.54, 1.807) is 0 Å². The summed E-state index contributed by atoms with van der Waals surface area (Å²) in [7, 11) is 0. The lowest BCUT2D eigenvalue weighted by Crippen LogP contribution is -2.43. The molecule has 0 spiro atoms. The van der Waals surface area contributed by atoms with Crippen LogP contribution in [0.15, 0.2) is 17.0 Å². The molecule has 5 nitrogen and oxygen atoms in total. The van der Waals surface area contributed by atoms with Crippen LogP contribution in [0.2, 0.25) is 0 Å². The number of halogens is 1. The fourth-order valence-corrected chi connectivity index (χ4v) is 4.69. The first-order chi connectivity index (χ1) is 11.2. The first-order valence-corrected chi connectivity index (χ1v) is 9.34. The smallest absolute Gasteiger partial charge is 0.134 e. The number of aromatic nitrogens is 3. The highest BCUT2D eigenvalue weighted by atomic mass is 79.9. The summed E-state index contributed by atoms with van der Waals surface area (Å²) in [6.45, 7) is 6.24. The van der Waals surface area contributed by atoms with Gasteiger partial charge in [0.05, 0.1) is 5.69 Å². The van der Waals surface area contributed by atoms with Gasteiger partial charge in [-0.1, -0.05) is 0 Å². The van der Waals surface area contributed by atoms with Crippen LogP contribution in [0.5, 0.6) is 0 Å². The van der Waals surface area contributed by atoms with Gasteiger partial charge >= 0.3 is 0 Å². The van der Waals surface area contributed by atoms with Crippen LogP contribution in [0.25, 0.3) is 5.52 Å². The monoisotopic (exact) mass is 378 g/mol. The van der Waals surface area contributed by atoms with Crippen molar-refractivity contribution in [3.05, 3.63) is 28.5 Å². The van der Waals surface area contributed by atoms with Gasteiger partial charge in [0.25, 0.3) is 0 Å². The van der Waals surface area contributed by atoms with Crippen LogP contribution in [0.1, 0.15) is 43.1 Å². The van der Waals surface area contributed by atoms with Crippen LogP contribution in [0.3, 0.4) is 0 Å². The van der Waals surface area contributed by atoms with E-state index >= 15 is 0 Å². The lowest BCUT2D eigenvalue weighted by atomic mass is 9.93. The van der Waals surface area contributed by atoms with Crippen molar-refractivity contribution in [3.8, 4) is 0 Å². The Kier molecular flexibility index (Phi) is 4.39. The van der Waals surface area contributed by atoms with Crippen LogP contribution in [-0.4, -0.2) is 51.6 Å². The number of rotatable bonds is 2. The molecule has 0 unspecified atom stereocenters. The van der Waals surface area contributed by atoms with Crippen molar-refractivity contribution in [2.45, 2.75) is 44.6 Å². The molecule has 0 atom stereocenters. The SMILES string of the molecule is Cc1nccn2c(C3CCN(C4CCOCC4)CC3)nc(Br)c12. The number of fused-ring (bicyclic) bond motifs is 1. The van der Waals surface area contributed by atoms with Gasteiger partial charge in [0.15, 0.2) is 0 Å². The lowest BCUT2D eigenvalue weighted by Gasteiger charge is -2.38. The molecule has 0 bridgehead atoms. The van der Waals surface area contributed by atoms with Gasteiger partial charge < -0.3 is 9.64 Å². The number of ether oxygens (including phenoxy) is 1. The molecule has 0 saturated carbocycles. The molecule has 4 rings (SSSR count). The fourth-order valence-electron chi connectivity index (χ4n) is 4.03. The van der Waals surface area contributed by atoms with E-state index in [2.05, 4.69) is 30.2 Å². The second-order valence-corrected chi connectivity index (χ2v) is 7.40. The number of imidazole rings is 1. The Morgan fingerprint density at radius 3 is 2.65 bits per heavy atom. The van der Waals surface area contributed by atoms with Gasteiger partial charge in [0.2, 0.25) is 0 Å². The van der Waals surface area contributed by atoms with Crippen LogP contribution in [0, 0.1) is 6.92 Å². The van der Waals surface area contributed by atoms with E-state index in [0.29, 0.717) is 5.92 Å². The summed E-state index contributed by atoms with van der Waals surface area (Å²) in [5.41, 5.74) is 2.13. The molecule has 2 saturated heterocycles. The predicted octanol–water partition coefficient (Wildman–Crippen LogP) is 3.16. The summed E-state index contributed by atoms with van der Waals surface area (Å²) >= 11 is 3.61. The summed E-state index contributed by atoms with van der Waals surface area (Å²) in [5.74, 6) is 1.72. The van der Waals surface area contributed by atoms with Gasteiger partial charge in [-0.15, -0.1) is 0 Å². The van der Waals surface area contributed by atoms with Crippen LogP contribution >= 0.6 is 15.9 Å². The van der Waals surface area contributed by atoms with Crippen molar-refractivity contribution in [2.75, 3.05) is 26.3 Å². The Hall–Kier alpha value is -0.980. The third-order valence-corrected chi connectivity index (χ3v) is 5.88. The number of aryl methyl sites for hydroxylation is 1. The maximum atomic E-state index is 5.49. The number of hydrogen-bond donors (Lipinski definition) is 0. The zero-order valence-corrected chi connectivity index (χ0v) is 15.1. The molecule has 0 radical (unpaired) electrons. The van der Waals surface area contributed by atoms with Gasteiger partial charge in [-0.05, 0) is 61.6 Å². The second-order valence-electron chi connectivity index (χ2n) is 6.65. The maximum absolute atomic E-state index is 5.49. The van der Waals surface area contributed by atoms with Crippen molar-refractivity contribution in [2.24, 2.45) is 0 Å². The average molecular weight is 379 g/mol. The average Bonchev–Trinajstić information content (AvgIpc) is 2.94. The van der Waals surface area contributed by atoms with Crippen LogP contribution in [0.4, 0.5) is 0 Å². The molecule has 0 amide bonds. The third-order valence-electron chi connectivity index (χ3n) is 5.32. The molecule has 0 aliphatic carbocycles. The molecule has 2 aliphatic heterocycles. The largest absolute Gasteiger partial charge is 0.381 e. The first kappa shape index (κ1) is 15.5. The van der Waals surface area contributed by atoms with Crippen molar-refractivity contribution < 1.29 is 4.74 Å². The summed E-state index contributed by atoms with van der Waals surface area (Å²) in [5, 5.41) is 0. The molecule has 2 fully saturated rings. The quantitative estimate of drug-likeness (QED) is 0.804. The molecule has 124 valence electrons.